The zero-order valence-electron chi connectivity index (χ0n) is 59.9. The summed E-state index contributed by atoms with van der Waals surface area (Å²) in [6, 6.07) is 0. The van der Waals surface area contributed by atoms with Gasteiger partial charge in [-0.2, -0.15) is 0 Å². The van der Waals surface area contributed by atoms with Crippen LogP contribution in [0, 0.1) is 11.8 Å². The van der Waals surface area contributed by atoms with E-state index in [0.717, 1.165) is 95.8 Å². The first-order valence-corrected chi connectivity index (χ1v) is 41.0. The van der Waals surface area contributed by atoms with Crippen LogP contribution in [0.4, 0.5) is 0 Å². The minimum absolute atomic E-state index is 0.104. The van der Waals surface area contributed by atoms with Crippen LogP contribution in [0.2, 0.25) is 0 Å². The van der Waals surface area contributed by atoms with E-state index < -0.39 is 97.5 Å². The van der Waals surface area contributed by atoms with Crippen molar-refractivity contribution in [2.24, 2.45) is 11.8 Å². The number of unbranched alkanes of at least 4 members (excludes halogenated alkanes) is 42. The topological polar surface area (TPSA) is 237 Å². The van der Waals surface area contributed by atoms with Crippen molar-refractivity contribution < 1.29 is 80.2 Å². The molecule has 0 fully saturated rings. The lowest BCUT2D eigenvalue weighted by atomic mass is 10.0. The molecule has 0 aliphatic heterocycles. The Morgan fingerprint density at radius 3 is 0.739 bits per heavy atom. The zero-order valence-corrected chi connectivity index (χ0v) is 61.6. The van der Waals surface area contributed by atoms with E-state index in [2.05, 4.69) is 41.5 Å². The number of hydrogen-bond donors (Lipinski definition) is 3. The summed E-state index contributed by atoms with van der Waals surface area (Å²) in [7, 11) is -9.90. The van der Waals surface area contributed by atoms with Gasteiger partial charge < -0.3 is 33.8 Å². The fourth-order valence-electron chi connectivity index (χ4n) is 11.1. The smallest absolute Gasteiger partial charge is 0.462 e. The lowest BCUT2D eigenvalue weighted by Gasteiger charge is -2.21. The number of esters is 4. The highest BCUT2D eigenvalue weighted by Crippen LogP contribution is 2.45. The summed E-state index contributed by atoms with van der Waals surface area (Å²) >= 11 is 0. The SMILES string of the molecule is CCCCCCCCCCCCCCCCCCCCC(=O)O[C@H](COC(=O)CCCCCCCCCCCCCCC(C)C)COP(=O)(O)OC[C@@H](O)COP(=O)(O)OC[C@@H](COC(=O)CCCCCCCCCCC)OC(=O)CCCCCCCCCC(C)C. The minimum Gasteiger partial charge on any atom is -0.462 e. The van der Waals surface area contributed by atoms with Crippen LogP contribution in [0.15, 0.2) is 0 Å². The van der Waals surface area contributed by atoms with Crippen LogP contribution in [0.25, 0.3) is 0 Å². The summed E-state index contributed by atoms with van der Waals surface area (Å²) in [6.45, 7) is 9.51. The molecule has 0 radical (unpaired) electrons. The normalized spacial score (nSPS) is 14.1. The highest BCUT2D eigenvalue weighted by molar-refractivity contribution is 7.47. The van der Waals surface area contributed by atoms with Gasteiger partial charge in [0.1, 0.15) is 19.3 Å². The molecule has 0 saturated heterocycles. The highest BCUT2D eigenvalue weighted by Gasteiger charge is 2.30. The van der Waals surface area contributed by atoms with Crippen molar-refractivity contribution in [1.82, 2.24) is 0 Å². The molecule has 92 heavy (non-hydrogen) atoms. The lowest BCUT2D eigenvalue weighted by molar-refractivity contribution is -0.161. The maximum absolute atomic E-state index is 13.1. The van der Waals surface area contributed by atoms with E-state index >= 15 is 0 Å². The first-order valence-electron chi connectivity index (χ1n) is 38.0. The number of phosphoric ester groups is 2. The van der Waals surface area contributed by atoms with E-state index in [0.29, 0.717) is 31.6 Å². The lowest BCUT2D eigenvalue weighted by Crippen LogP contribution is -2.30. The third-order valence-electron chi connectivity index (χ3n) is 17.0. The first-order chi connectivity index (χ1) is 44.4. The number of carbonyl (C=O) groups is 4. The molecular weight excluding hydrogens is 1210 g/mol. The number of hydrogen-bond acceptors (Lipinski definition) is 15. The van der Waals surface area contributed by atoms with E-state index in [4.69, 9.17) is 37.0 Å². The first kappa shape index (κ1) is 90.1. The van der Waals surface area contributed by atoms with E-state index in [-0.39, 0.29) is 25.7 Å². The average molecular weight is 1350 g/mol. The van der Waals surface area contributed by atoms with Gasteiger partial charge in [0.25, 0.3) is 0 Å². The second kappa shape index (κ2) is 65.0. The fourth-order valence-corrected chi connectivity index (χ4v) is 12.7. The monoisotopic (exact) mass is 1350 g/mol. The number of phosphoric acid groups is 2. The molecule has 2 unspecified atom stereocenters. The maximum Gasteiger partial charge on any atom is 0.472 e. The fraction of sp³-hybridized carbons (Fsp3) is 0.945. The number of aliphatic hydroxyl groups is 1. The number of aliphatic hydroxyl groups excluding tert-OH is 1. The van der Waals surface area contributed by atoms with Gasteiger partial charge in [-0.1, -0.05) is 324 Å². The Morgan fingerprint density at radius 2 is 0.500 bits per heavy atom. The predicted molar refractivity (Wildman–Crippen MR) is 372 cm³/mol. The molecule has 19 heteroatoms. The maximum atomic E-state index is 13.1. The second-order valence-electron chi connectivity index (χ2n) is 27.3. The van der Waals surface area contributed by atoms with Crippen molar-refractivity contribution in [3.05, 3.63) is 0 Å². The number of rotatable bonds is 72. The van der Waals surface area contributed by atoms with Crippen molar-refractivity contribution in [1.29, 1.82) is 0 Å². The van der Waals surface area contributed by atoms with E-state index in [1.54, 1.807) is 0 Å². The van der Waals surface area contributed by atoms with Crippen LogP contribution in [-0.2, 0) is 65.4 Å². The van der Waals surface area contributed by atoms with Gasteiger partial charge in [0.2, 0.25) is 0 Å². The molecule has 0 aliphatic carbocycles. The number of carbonyl (C=O) groups excluding carboxylic acids is 4. The summed E-state index contributed by atoms with van der Waals surface area (Å²) in [5.74, 6) is -0.645. The van der Waals surface area contributed by atoms with Gasteiger partial charge in [-0.05, 0) is 37.5 Å². The molecule has 0 aliphatic rings. The highest BCUT2D eigenvalue weighted by atomic mass is 31.2. The van der Waals surface area contributed by atoms with Crippen LogP contribution in [0.1, 0.15) is 375 Å². The molecule has 0 amide bonds. The van der Waals surface area contributed by atoms with Gasteiger partial charge in [-0.25, -0.2) is 9.13 Å². The summed E-state index contributed by atoms with van der Waals surface area (Å²) < 4.78 is 68.3. The Morgan fingerprint density at radius 1 is 0.293 bits per heavy atom. The van der Waals surface area contributed by atoms with E-state index in [9.17, 15) is 43.2 Å². The molecule has 0 heterocycles. The van der Waals surface area contributed by atoms with Crippen LogP contribution >= 0.6 is 15.6 Å². The standard InChI is InChI=1S/C73H142O17P2/c1-7-9-11-13-15-17-18-19-20-21-22-23-24-29-33-39-45-51-57-72(77)89-68(61-84-71(76)56-50-44-38-32-28-26-25-27-31-35-41-47-53-65(3)4)63-87-91(79,80)85-59-67(74)60-86-92(81,82)88-64-69(62-83-70(75)55-49-43-37-30-16-14-12-10-8-2)90-73(78)58-52-46-40-34-36-42-48-54-66(5)6/h65-69,74H,7-64H2,1-6H3,(H,79,80)(H,81,82)/t67-,68-,69-/m1/s1. The third-order valence-corrected chi connectivity index (χ3v) is 18.9. The molecule has 0 rings (SSSR count). The average Bonchev–Trinajstić information content (AvgIpc) is 3.09. The van der Waals surface area contributed by atoms with Gasteiger partial charge in [0.05, 0.1) is 26.4 Å². The van der Waals surface area contributed by atoms with Crippen LogP contribution in [0.3, 0.4) is 0 Å². The molecule has 0 aromatic heterocycles. The van der Waals surface area contributed by atoms with E-state index in [1.165, 1.54) is 193 Å². The Labute approximate surface area is 562 Å². The zero-order chi connectivity index (χ0) is 67.9. The van der Waals surface area contributed by atoms with Crippen molar-refractivity contribution in [3.63, 3.8) is 0 Å². The van der Waals surface area contributed by atoms with Crippen LogP contribution < -0.4 is 0 Å². The summed E-state index contributed by atoms with van der Waals surface area (Å²) in [5.41, 5.74) is 0. The third kappa shape index (κ3) is 66.7. The van der Waals surface area contributed by atoms with Gasteiger partial charge in [-0.15, -0.1) is 0 Å². The van der Waals surface area contributed by atoms with Crippen molar-refractivity contribution in [2.75, 3.05) is 39.6 Å². The molecule has 0 aromatic carbocycles. The summed E-state index contributed by atoms with van der Waals surface area (Å²) in [6.07, 6.45) is 51.5. The van der Waals surface area contributed by atoms with Gasteiger partial charge >= 0.3 is 39.5 Å². The Hall–Kier alpha value is -1.94. The molecular formula is C73H142O17P2. The summed E-state index contributed by atoms with van der Waals surface area (Å²) in [4.78, 5) is 72.6. The molecule has 5 atom stereocenters. The Balaban J connectivity index is 5.21. The summed E-state index contributed by atoms with van der Waals surface area (Å²) in [5, 5.41) is 10.6. The molecule has 0 saturated carbocycles. The van der Waals surface area contributed by atoms with Crippen molar-refractivity contribution >= 4 is 39.5 Å². The van der Waals surface area contributed by atoms with Gasteiger partial charge in [-0.3, -0.25) is 37.3 Å². The van der Waals surface area contributed by atoms with Gasteiger partial charge in [0, 0.05) is 25.7 Å². The van der Waals surface area contributed by atoms with Crippen LogP contribution in [-0.4, -0.2) is 96.7 Å². The van der Waals surface area contributed by atoms with Crippen LogP contribution in [0.5, 0.6) is 0 Å². The predicted octanol–water partition coefficient (Wildman–Crippen LogP) is 21.2. The molecule has 17 nitrogen and oxygen atoms in total. The van der Waals surface area contributed by atoms with Gasteiger partial charge in [0.15, 0.2) is 12.2 Å². The van der Waals surface area contributed by atoms with Crippen molar-refractivity contribution in [2.45, 2.75) is 394 Å². The van der Waals surface area contributed by atoms with E-state index in [1.807, 2.05) is 0 Å². The molecule has 0 bridgehead atoms. The second-order valence-corrected chi connectivity index (χ2v) is 30.2. The quantitative estimate of drug-likeness (QED) is 0.0222. The Bertz CT molecular complexity index is 1790. The molecule has 0 aromatic rings. The molecule has 0 spiro atoms. The molecule has 3 N–H and O–H groups in total. The Kier molecular flexibility index (Phi) is 63.7. The largest absolute Gasteiger partial charge is 0.472 e. The van der Waals surface area contributed by atoms with Crippen molar-refractivity contribution in [3.8, 4) is 0 Å². The number of ether oxygens (including phenoxy) is 4. The molecule has 546 valence electrons. The minimum atomic E-state index is -4.95.